The van der Waals surface area contributed by atoms with E-state index in [1.54, 1.807) is 12.1 Å². The minimum absolute atomic E-state index is 0.238. The number of rotatable bonds is 6. The van der Waals surface area contributed by atoms with Gasteiger partial charge in [0.1, 0.15) is 5.75 Å². The number of benzene rings is 3. The van der Waals surface area contributed by atoms with E-state index in [1.165, 1.54) is 11.1 Å². The zero-order valence-corrected chi connectivity index (χ0v) is 13.5. The molecule has 0 spiro atoms. The number of hydrogen-bond acceptors (Lipinski definition) is 2. The van der Waals surface area contributed by atoms with Gasteiger partial charge < -0.3 is 4.74 Å². The number of aryl methyl sites for hydroxylation is 2. The first-order valence-electron chi connectivity index (χ1n) is 8.17. The molecule has 0 aromatic heterocycles. The van der Waals surface area contributed by atoms with Crippen LogP contribution in [0.5, 0.6) is 5.75 Å². The summed E-state index contributed by atoms with van der Waals surface area (Å²) in [5.41, 5.74) is 3.59. The van der Waals surface area contributed by atoms with Gasteiger partial charge in [-0.15, -0.1) is 0 Å². The minimum Gasteiger partial charge on any atom is -0.426 e. The van der Waals surface area contributed by atoms with Crippen molar-refractivity contribution in [2.75, 3.05) is 0 Å². The van der Waals surface area contributed by atoms with E-state index in [0.717, 1.165) is 18.4 Å². The average molecular weight is 316 g/mol. The predicted molar refractivity (Wildman–Crippen MR) is 96.1 cm³/mol. The fourth-order valence-corrected chi connectivity index (χ4v) is 2.58. The molecule has 0 amide bonds. The third-order valence-electron chi connectivity index (χ3n) is 3.89. The molecule has 0 unspecified atom stereocenters. The Labute approximate surface area is 142 Å². The Morgan fingerprint density at radius 1 is 0.625 bits per heavy atom. The van der Waals surface area contributed by atoms with Crippen LogP contribution in [-0.4, -0.2) is 5.97 Å². The van der Waals surface area contributed by atoms with Gasteiger partial charge in [-0.1, -0.05) is 72.8 Å². The van der Waals surface area contributed by atoms with Gasteiger partial charge in [-0.05, 0) is 41.7 Å². The highest BCUT2D eigenvalue weighted by Gasteiger charge is 2.06. The van der Waals surface area contributed by atoms with Gasteiger partial charge in [0.25, 0.3) is 0 Å². The number of carbonyl (C=O) groups excluding carboxylic acids is 1. The summed E-state index contributed by atoms with van der Waals surface area (Å²) in [5.74, 6) is 0.347. The second-order valence-electron chi connectivity index (χ2n) is 5.77. The molecule has 120 valence electrons. The molecule has 0 bridgehead atoms. The molecule has 0 saturated carbocycles. The van der Waals surface area contributed by atoms with Crippen LogP contribution in [-0.2, 0) is 24.1 Å². The second-order valence-corrected chi connectivity index (χ2v) is 5.77. The van der Waals surface area contributed by atoms with Gasteiger partial charge in [-0.25, -0.2) is 0 Å². The number of esters is 1. The summed E-state index contributed by atoms with van der Waals surface area (Å²) >= 11 is 0. The van der Waals surface area contributed by atoms with Crippen LogP contribution in [0.15, 0.2) is 84.9 Å². The molecule has 0 fully saturated rings. The summed E-state index contributed by atoms with van der Waals surface area (Å²) in [5, 5.41) is 0. The van der Waals surface area contributed by atoms with Crippen LogP contribution in [0.25, 0.3) is 0 Å². The van der Waals surface area contributed by atoms with E-state index in [9.17, 15) is 4.79 Å². The molecule has 0 aliphatic carbocycles. The van der Waals surface area contributed by atoms with Crippen molar-refractivity contribution in [3.05, 3.63) is 102 Å². The van der Waals surface area contributed by atoms with Crippen molar-refractivity contribution in [3.63, 3.8) is 0 Å². The number of carbonyl (C=O) groups is 1. The molecule has 0 radical (unpaired) electrons. The average Bonchev–Trinajstić information content (AvgIpc) is 2.63. The predicted octanol–water partition coefficient (Wildman–Crippen LogP) is 4.62. The van der Waals surface area contributed by atoms with Crippen molar-refractivity contribution < 1.29 is 9.53 Å². The van der Waals surface area contributed by atoms with Crippen molar-refractivity contribution in [2.45, 2.75) is 19.3 Å². The summed E-state index contributed by atoms with van der Waals surface area (Å²) in [4.78, 5) is 12.0. The van der Waals surface area contributed by atoms with E-state index in [1.807, 2.05) is 36.4 Å². The first-order valence-corrected chi connectivity index (χ1v) is 8.17. The molecule has 0 aliphatic rings. The van der Waals surface area contributed by atoms with E-state index in [0.29, 0.717) is 5.75 Å². The molecule has 0 N–H and O–H groups in total. The van der Waals surface area contributed by atoms with Crippen molar-refractivity contribution in [1.29, 1.82) is 0 Å². The van der Waals surface area contributed by atoms with Crippen LogP contribution < -0.4 is 4.74 Å². The van der Waals surface area contributed by atoms with Crippen LogP contribution >= 0.6 is 0 Å². The Morgan fingerprint density at radius 3 is 1.75 bits per heavy atom. The van der Waals surface area contributed by atoms with Crippen molar-refractivity contribution in [3.8, 4) is 5.75 Å². The van der Waals surface area contributed by atoms with E-state index >= 15 is 0 Å². The first-order chi connectivity index (χ1) is 11.8. The fourth-order valence-electron chi connectivity index (χ4n) is 2.58. The Balaban J connectivity index is 1.51. The molecule has 24 heavy (non-hydrogen) atoms. The molecule has 3 aromatic rings. The number of hydrogen-bond donors (Lipinski definition) is 0. The zero-order valence-electron chi connectivity index (χ0n) is 13.5. The maximum atomic E-state index is 12.0. The SMILES string of the molecule is O=C(Cc1ccc(CCc2ccccc2)cc1)Oc1ccccc1. The number of ether oxygens (including phenoxy) is 1. The Morgan fingerprint density at radius 2 is 1.12 bits per heavy atom. The molecular weight excluding hydrogens is 296 g/mol. The fraction of sp³-hybridized carbons (Fsp3) is 0.136. The standard InChI is InChI=1S/C22H20O2/c23-22(24-21-9-5-2-6-10-21)17-20-15-13-19(14-16-20)12-11-18-7-3-1-4-8-18/h1-10,13-16H,11-12,17H2. The van der Waals surface area contributed by atoms with Gasteiger partial charge in [0, 0.05) is 0 Å². The zero-order chi connectivity index (χ0) is 16.6. The third kappa shape index (κ3) is 4.82. The summed E-state index contributed by atoms with van der Waals surface area (Å²) in [6.07, 6.45) is 2.31. The van der Waals surface area contributed by atoms with E-state index in [4.69, 9.17) is 4.74 Å². The Kier molecular flexibility index (Phi) is 5.41. The smallest absolute Gasteiger partial charge is 0.315 e. The summed E-state index contributed by atoms with van der Waals surface area (Å²) in [6, 6.07) is 27.8. The largest absolute Gasteiger partial charge is 0.426 e. The molecule has 3 aromatic carbocycles. The van der Waals surface area contributed by atoms with Gasteiger partial charge in [0.15, 0.2) is 0 Å². The molecular formula is C22H20O2. The highest BCUT2D eigenvalue weighted by Crippen LogP contribution is 2.12. The van der Waals surface area contributed by atoms with Crippen LogP contribution in [0.3, 0.4) is 0 Å². The van der Waals surface area contributed by atoms with Gasteiger partial charge in [0.2, 0.25) is 0 Å². The monoisotopic (exact) mass is 316 g/mol. The molecule has 0 heterocycles. The van der Waals surface area contributed by atoms with E-state index in [2.05, 4.69) is 36.4 Å². The van der Waals surface area contributed by atoms with Crippen LogP contribution in [0.2, 0.25) is 0 Å². The van der Waals surface area contributed by atoms with Crippen molar-refractivity contribution in [1.82, 2.24) is 0 Å². The van der Waals surface area contributed by atoms with E-state index in [-0.39, 0.29) is 12.4 Å². The summed E-state index contributed by atoms with van der Waals surface area (Å²) in [6.45, 7) is 0. The van der Waals surface area contributed by atoms with Gasteiger partial charge in [-0.2, -0.15) is 0 Å². The molecule has 0 atom stereocenters. The normalized spacial score (nSPS) is 10.3. The van der Waals surface area contributed by atoms with Gasteiger partial charge in [-0.3, -0.25) is 4.79 Å². The molecule has 2 nitrogen and oxygen atoms in total. The lowest BCUT2D eigenvalue weighted by Crippen LogP contribution is -2.11. The van der Waals surface area contributed by atoms with Crippen molar-refractivity contribution >= 4 is 5.97 Å². The highest BCUT2D eigenvalue weighted by atomic mass is 16.5. The maximum absolute atomic E-state index is 12.0. The quantitative estimate of drug-likeness (QED) is 0.490. The van der Waals surface area contributed by atoms with Crippen LogP contribution in [0.4, 0.5) is 0 Å². The lowest BCUT2D eigenvalue weighted by molar-refractivity contribution is -0.133. The first kappa shape index (κ1) is 16.0. The highest BCUT2D eigenvalue weighted by molar-refractivity contribution is 5.75. The Bertz CT molecular complexity index is 762. The minimum atomic E-state index is -0.238. The van der Waals surface area contributed by atoms with Crippen molar-refractivity contribution in [2.24, 2.45) is 0 Å². The molecule has 0 aliphatic heterocycles. The lowest BCUT2D eigenvalue weighted by atomic mass is 10.0. The summed E-state index contributed by atoms with van der Waals surface area (Å²) < 4.78 is 5.31. The number of para-hydroxylation sites is 1. The summed E-state index contributed by atoms with van der Waals surface area (Å²) in [7, 11) is 0. The van der Waals surface area contributed by atoms with E-state index < -0.39 is 0 Å². The molecule has 2 heteroatoms. The van der Waals surface area contributed by atoms with Gasteiger partial charge in [0.05, 0.1) is 6.42 Å². The second kappa shape index (κ2) is 8.11. The maximum Gasteiger partial charge on any atom is 0.315 e. The van der Waals surface area contributed by atoms with Crippen LogP contribution in [0, 0.1) is 0 Å². The van der Waals surface area contributed by atoms with Gasteiger partial charge >= 0.3 is 5.97 Å². The topological polar surface area (TPSA) is 26.3 Å². The molecule has 3 rings (SSSR count). The lowest BCUT2D eigenvalue weighted by Gasteiger charge is -2.06. The molecule has 0 saturated heterocycles. The Hall–Kier alpha value is -2.87. The van der Waals surface area contributed by atoms with Crippen LogP contribution in [0.1, 0.15) is 16.7 Å². The third-order valence-corrected chi connectivity index (χ3v) is 3.89.